The van der Waals surface area contributed by atoms with Crippen molar-refractivity contribution in [3.8, 4) is 11.8 Å². The van der Waals surface area contributed by atoms with Crippen LogP contribution in [0.15, 0.2) is 11.4 Å². The number of allylic oxidation sites excluding steroid dienone is 2. The van der Waals surface area contributed by atoms with E-state index in [9.17, 15) is 17.6 Å². The van der Waals surface area contributed by atoms with E-state index in [-0.39, 0.29) is 0 Å². The van der Waals surface area contributed by atoms with Crippen LogP contribution in [0.2, 0.25) is 0 Å². The summed E-state index contributed by atoms with van der Waals surface area (Å²) < 4.78 is 48.0. The molecule has 4 heteroatoms. The lowest BCUT2D eigenvalue weighted by Crippen LogP contribution is -2.09. The number of hydrogen-bond donors (Lipinski definition) is 0. The largest absolute Gasteiger partial charge is 0.443 e. The lowest BCUT2D eigenvalue weighted by Gasteiger charge is -2.02. The van der Waals surface area contributed by atoms with E-state index >= 15 is 0 Å². The average Bonchev–Trinajstić information content (AvgIpc) is 2.14. The Labute approximate surface area is 87.4 Å². The maximum absolute atomic E-state index is 12.5. The number of unbranched alkanes of at least 4 members (excludes halogenated alkanes) is 3. The summed E-state index contributed by atoms with van der Waals surface area (Å²) in [6, 6.07) is 0. The van der Waals surface area contributed by atoms with Crippen LogP contribution in [-0.4, -0.2) is 6.18 Å². The topological polar surface area (TPSA) is 0 Å². The van der Waals surface area contributed by atoms with Gasteiger partial charge >= 0.3 is 6.18 Å². The summed E-state index contributed by atoms with van der Waals surface area (Å²) in [7, 11) is 0. The first-order valence-corrected chi connectivity index (χ1v) is 4.82. The quantitative estimate of drug-likeness (QED) is 0.377. The van der Waals surface area contributed by atoms with E-state index in [0.717, 1.165) is 26.2 Å². The Balaban J connectivity index is 4.27. The van der Waals surface area contributed by atoms with Gasteiger partial charge in [0, 0.05) is 12.0 Å². The minimum absolute atomic E-state index is 0.510. The van der Waals surface area contributed by atoms with Crippen LogP contribution in [0.4, 0.5) is 17.6 Å². The predicted octanol–water partition coefficient (Wildman–Crippen LogP) is 4.38. The maximum Gasteiger partial charge on any atom is 0.443 e. The number of alkyl halides is 3. The summed E-state index contributed by atoms with van der Waals surface area (Å²) in [6.45, 7) is 3.05. The van der Waals surface area contributed by atoms with Gasteiger partial charge in [0.05, 0.1) is 0 Å². The third kappa shape index (κ3) is 6.16. The molecule has 0 aromatic carbocycles. The molecule has 0 unspecified atom stereocenters. The highest BCUT2D eigenvalue weighted by Gasteiger charge is 2.35. The van der Waals surface area contributed by atoms with E-state index in [1.165, 1.54) is 0 Å². The molecular formula is C11H14F4. The van der Waals surface area contributed by atoms with E-state index in [2.05, 4.69) is 11.8 Å². The third-order valence-electron chi connectivity index (χ3n) is 1.76. The summed E-state index contributed by atoms with van der Waals surface area (Å²) in [5, 5.41) is 0. The van der Waals surface area contributed by atoms with Crippen molar-refractivity contribution < 1.29 is 17.6 Å². The molecule has 0 bridgehead atoms. The molecule has 0 aliphatic carbocycles. The Morgan fingerprint density at radius 2 is 1.80 bits per heavy atom. The second-order valence-corrected chi connectivity index (χ2v) is 3.20. The van der Waals surface area contributed by atoms with E-state index in [4.69, 9.17) is 0 Å². The lowest BCUT2D eigenvalue weighted by atomic mass is 10.2. The zero-order valence-corrected chi connectivity index (χ0v) is 8.84. The van der Waals surface area contributed by atoms with Crippen molar-refractivity contribution in [1.82, 2.24) is 0 Å². The van der Waals surface area contributed by atoms with E-state index in [1.807, 2.05) is 6.92 Å². The first-order chi connectivity index (χ1) is 6.89. The van der Waals surface area contributed by atoms with Crippen molar-refractivity contribution in [3.63, 3.8) is 0 Å². The van der Waals surface area contributed by atoms with E-state index in [1.54, 1.807) is 0 Å². The fourth-order valence-electron chi connectivity index (χ4n) is 0.926. The first kappa shape index (κ1) is 14.0. The molecule has 0 N–H and O–H groups in total. The number of rotatable bonds is 3. The van der Waals surface area contributed by atoms with Gasteiger partial charge in [0.1, 0.15) is 0 Å². The first-order valence-electron chi connectivity index (χ1n) is 4.82. The Morgan fingerprint density at radius 3 is 2.27 bits per heavy atom. The molecule has 0 atom stereocenters. The molecule has 0 nitrogen and oxygen atoms in total. The van der Waals surface area contributed by atoms with E-state index < -0.39 is 17.6 Å². The van der Waals surface area contributed by atoms with Crippen LogP contribution in [0, 0.1) is 11.8 Å². The zero-order chi connectivity index (χ0) is 11.9. The highest BCUT2D eigenvalue weighted by atomic mass is 19.4. The molecule has 0 spiro atoms. The minimum atomic E-state index is -4.91. The van der Waals surface area contributed by atoms with Crippen molar-refractivity contribution in [2.75, 3.05) is 0 Å². The van der Waals surface area contributed by atoms with Gasteiger partial charge in [-0.25, -0.2) is 4.39 Å². The highest BCUT2D eigenvalue weighted by Crippen LogP contribution is 2.28. The third-order valence-corrected chi connectivity index (χ3v) is 1.76. The van der Waals surface area contributed by atoms with Crippen molar-refractivity contribution in [2.24, 2.45) is 0 Å². The van der Waals surface area contributed by atoms with Crippen LogP contribution < -0.4 is 0 Å². The molecule has 0 aromatic rings. The van der Waals surface area contributed by atoms with Crippen molar-refractivity contribution >= 4 is 0 Å². The van der Waals surface area contributed by atoms with Crippen LogP contribution in [-0.2, 0) is 0 Å². The minimum Gasteiger partial charge on any atom is -0.201 e. The van der Waals surface area contributed by atoms with E-state index in [0.29, 0.717) is 6.42 Å². The molecule has 0 rings (SSSR count). The lowest BCUT2D eigenvalue weighted by molar-refractivity contribution is -0.109. The summed E-state index contributed by atoms with van der Waals surface area (Å²) in [5.74, 6) is 2.62. The van der Waals surface area contributed by atoms with Crippen LogP contribution >= 0.6 is 0 Å². The van der Waals surface area contributed by atoms with Gasteiger partial charge in [0.2, 0.25) is 5.83 Å². The average molecular weight is 222 g/mol. The van der Waals surface area contributed by atoms with Gasteiger partial charge in [0.15, 0.2) is 0 Å². The van der Waals surface area contributed by atoms with Crippen LogP contribution in [0.3, 0.4) is 0 Å². The van der Waals surface area contributed by atoms with Gasteiger partial charge in [-0.3, -0.25) is 0 Å². The fourth-order valence-corrected chi connectivity index (χ4v) is 0.926. The fraction of sp³-hybridized carbons (Fsp3) is 0.636. The molecule has 0 aromatic heterocycles. The SMILES string of the molecule is CCCCCC#C/C(C)=C(\F)C(F)(F)F. The summed E-state index contributed by atoms with van der Waals surface area (Å²) >= 11 is 0. The second-order valence-electron chi connectivity index (χ2n) is 3.20. The summed E-state index contributed by atoms with van der Waals surface area (Å²) in [4.78, 5) is 0. The molecule has 0 fully saturated rings. The van der Waals surface area contributed by atoms with Gasteiger partial charge < -0.3 is 0 Å². The number of halogens is 4. The Morgan fingerprint density at radius 1 is 1.20 bits per heavy atom. The van der Waals surface area contributed by atoms with Crippen LogP contribution in [0.5, 0.6) is 0 Å². The summed E-state index contributed by atoms with van der Waals surface area (Å²) in [6.07, 6.45) is -1.56. The monoisotopic (exact) mass is 222 g/mol. The Hall–Kier alpha value is -0.980. The molecule has 15 heavy (non-hydrogen) atoms. The predicted molar refractivity (Wildman–Crippen MR) is 51.8 cm³/mol. The molecule has 0 saturated carbocycles. The second kappa shape index (κ2) is 6.49. The summed E-state index contributed by atoms with van der Waals surface area (Å²) in [5.41, 5.74) is -0.543. The number of hydrogen-bond acceptors (Lipinski definition) is 0. The van der Waals surface area contributed by atoms with Crippen LogP contribution in [0.25, 0.3) is 0 Å². The molecule has 0 amide bonds. The molecule has 0 saturated heterocycles. The maximum atomic E-state index is 12.5. The standard InChI is InChI=1S/C11H14F4/c1-3-4-5-6-7-8-9(2)10(12)11(13,14)15/h3-6H2,1-2H3/b10-9-. The van der Waals surface area contributed by atoms with Crippen molar-refractivity contribution in [3.05, 3.63) is 11.4 Å². The van der Waals surface area contributed by atoms with Crippen LogP contribution in [0.1, 0.15) is 39.5 Å². The Bertz CT molecular complexity index is 275. The molecular weight excluding hydrogens is 208 g/mol. The van der Waals surface area contributed by atoms with Gasteiger partial charge in [0.25, 0.3) is 0 Å². The van der Waals surface area contributed by atoms with Crippen molar-refractivity contribution in [1.29, 1.82) is 0 Å². The molecule has 0 aliphatic rings. The zero-order valence-electron chi connectivity index (χ0n) is 8.84. The molecule has 0 radical (unpaired) electrons. The van der Waals surface area contributed by atoms with Gasteiger partial charge in [-0.2, -0.15) is 13.2 Å². The smallest absolute Gasteiger partial charge is 0.201 e. The Kier molecular flexibility index (Phi) is 6.07. The molecule has 0 heterocycles. The highest BCUT2D eigenvalue weighted by molar-refractivity contribution is 5.30. The van der Waals surface area contributed by atoms with Gasteiger partial charge in [-0.15, -0.1) is 0 Å². The van der Waals surface area contributed by atoms with Crippen molar-refractivity contribution in [2.45, 2.75) is 45.7 Å². The van der Waals surface area contributed by atoms with Gasteiger partial charge in [-0.05, 0) is 13.3 Å². The molecule has 86 valence electrons. The van der Waals surface area contributed by atoms with Gasteiger partial charge in [-0.1, -0.05) is 31.6 Å². The molecule has 0 aliphatic heterocycles. The normalized spacial score (nSPS) is 12.9.